The van der Waals surface area contributed by atoms with Crippen LogP contribution in [-0.4, -0.2) is 31.7 Å². The van der Waals surface area contributed by atoms with Crippen molar-refractivity contribution in [1.29, 1.82) is 0 Å². The Morgan fingerprint density at radius 1 is 0.697 bits per heavy atom. The molecule has 6 nitrogen and oxygen atoms in total. The maximum atomic E-state index is 10.8. The van der Waals surface area contributed by atoms with Crippen LogP contribution in [0.4, 0.5) is 0 Å². The summed E-state index contributed by atoms with van der Waals surface area (Å²) in [4.78, 5) is 26.2. The summed E-state index contributed by atoms with van der Waals surface area (Å²) in [5, 5.41) is 17.7. The van der Waals surface area contributed by atoms with Gasteiger partial charge in [-0.1, -0.05) is 66.7 Å². The molecule has 0 aliphatic carbocycles. The molecular weight excluding hydrogens is 416 g/mol. The summed E-state index contributed by atoms with van der Waals surface area (Å²) in [6.45, 7) is 0. The summed E-state index contributed by atoms with van der Waals surface area (Å²) in [6.07, 6.45) is 7.07. The zero-order valence-corrected chi connectivity index (χ0v) is 17.5. The Bertz CT molecular complexity index is 1330. The Morgan fingerprint density at radius 2 is 1.21 bits per heavy atom. The average molecular weight is 436 g/mol. The lowest BCUT2D eigenvalue weighted by atomic mass is 10.0. The summed E-state index contributed by atoms with van der Waals surface area (Å²) in [7, 11) is 0. The molecule has 33 heavy (non-hydrogen) atoms. The molecule has 0 unspecified atom stereocenters. The third-order valence-electron chi connectivity index (χ3n) is 5.01. The summed E-state index contributed by atoms with van der Waals surface area (Å²) in [5.41, 5.74) is 6.01. The number of carbonyl (C=O) groups is 2. The van der Waals surface area contributed by atoms with Crippen molar-refractivity contribution in [3.8, 4) is 28.2 Å². The molecular formula is C27H20N2O4. The second-order valence-corrected chi connectivity index (χ2v) is 7.23. The van der Waals surface area contributed by atoms with Crippen LogP contribution in [0.25, 0.3) is 40.4 Å². The van der Waals surface area contributed by atoms with Crippen LogP contribution in [-0.2, 0) is 9.59 Å². The van der Waals surface area contributed by atoms with Gasteiger partial charge in [0.1, 0.15) is 6.33 Å². The molecule has 0 spiro atoms. The molecule has 6 heteroatoms. The van der Waals surface area contributed by atoms with Gasteiger partial charge in [0, 0.05) is 29.0 Å². The highest BCUT2D eigenvalue weighted by molar-refractivity contribution is 5.87. The summed E-state index contributed by atoms with van der Waals surface area (Å²) >= 11 is 0. The van der Waals surface area contributed by atoms with Gasteiger partial charge in [-0.3, -0.25) is 4.57 Å². The first-order valence-electron chi connectivity index (χ1n) is 10.2. The Hall–Kier alpha value is -4.71. The number of hydrogen-bond donors (Lipinski definition) is 2. The molecule has 0 saturated carbocycles. The standard InChI is InChI=1S/C27H20N2O4/c30-24(31)16-10-19-6-12-21(13-7-19)26-27(29(18-28-26)23-4-2-1-3-5-23)22-14-8-20(9-15-22)11-17-25(32)33/h1-18H,(H,30,31)(H,32,33). The van der Waals surface area contributed by atoms with Gasteiger partial charge in [-0.15, -0.1) is 0 Å². The Labute approximate surface area is 190 Å². The zero-order valence-electron chi connectivity index (χ0n) is 17.5. The molecule has 162 valence electrons. The highest BCUT2D eigenvalue weighted by Crippen LogP contribution is 2.33. The van der Waals surface area contributed by atoms with E-state index in [-0.39, 0.29) is 0 Å². The average Bonchev–Trinajstić information content (AvgIpc) is 3.28. The largest absolute Gasteiger partial charge is 0.478 e. The van der Waals surface area contributed by atoms with Crippen LogP contribution in [0.2, 0.25) is 0 Å². The van der Waals surface area contributed by atoms with Crippen molar-refractivity contribution in [3.05, 3.63) is 108 Å². The molecule has 4 aromatic rings. The van der Waals surface area contributed by atoms with Crippen molar-refractivity contribution in [2.75, 3.05) is 0 Å². The molecule has 0 amide bonds. The van der Waals surface area contributed by atoms with Crippen LogP contribution in [0.3, 0.4) is 0 Å². The molecule has 0 aliphatic heterocycles. The molecule has 0 aliphatic rings. The lowest BCUT2D eigenvalue weighted by Gasteiger charge is -2.11. The molecule has 1 aromatic heterocycles. The van der Waals surface area contributed by atoms with Crippen molar-refractivity contribution in [2.24, 2.45) is 0 Å². The van der Waals surface area contributed by atoms with Crippen LogP contribution >= 0.6 is 0 Å². The second kappa shape index (κ2) is 9.62. The van der Waals surface area contributed by atoms with E-state index >= 15 is 0 Å². The van der Waals surface area contributed by atoms with Gasteiger partial charge in [0.05, 0.1) is 11.4 Å². The van der Waals surface area contributed by atoms with Gasteiger partial charge in [0.2, 0.25) is 0 Å². The minimum absolute atomic E-state index is 0.778. The smallest absolute Gasteiger partial charge is 0.328 e. The fraction of sp³-hybridized carbons (Fsp3) is 0. The van der Waals surface area contributed by atoms with Crippen LogP contribution < -0.4 is 0 Å². The van der Waals surface area contributed by atoms with E-state index in [0.717, 1.165) is 51.5 Å². The third-order valence-corrected chi connectivity index (χ3v) is 5.01. The number of nitrogens with zero attached hydrogens (tertiary/aromatic N) is 2. The first kappa shape index (κ1) is 21.5. The van der Waals surface area contributed by atoms with Gasteiger partial charge in [-0.25, -0.2) is 14.6 Å². The molecule has 0 atom stereocenters. The lowest BCUT2D eigenvalue weighted by Crippen LogP contribution is -1.96. The van der Waals surface area contributed by atoms with Crippen molar-refractivity contribution < 1.29 is 19.8 Å². The van der Waals surface area contributed by atoms with Crippen molar-refractivity contribution in [3.63, 3.8) is 0 Å². The summed E-state index contributed by atoms with van der Waals surface area (Å²) in [5.74, 6) is -1.99. The van der Waals surface area contributed by atoms with Gasteiger partial charge in [0.15, 0.2) is 0 Å². The van der Waals surface area contributed by atoms with Crippen molar-refractivity contribution in [2.45, 2.75) is 0 Å². The van der Waals surface area contributed by atoms with E-state index in [9.17, 15) is 9.59 Å². The Kier molecular flexibility index (Phi) is 6.27. The molecule has 2 N–H and O–H groups in total. The number of aromatic nitrogens is 2. The molecule has 0 fully saturated rings. The Balaban J connectivity index is 1.78. The quantitative estimate of drug-likeness (QED) is 0.378. The fourth-order valence-electron chi connectivity index (χ4n) is 3.46. The number of aliphatic carboxylic acids is 2. The predicted octanol–water partition coefficient (Wildman–Crippen LogP) is 5.40. The van der Waals surface area contributed by atoms with Gasteiger partial charge < -0.3 is 10.2 Å². The van der Waals surface area contributed by atoms with Gasteiger partial charge >= 0.3 is 11.9 Å². The fourth-order valence-corrected chi connectivity index (χ4v) is 3.46. The maximum absolute atomic E-state index is 10.8. The number of carboxylic acids is 2. The highest BCUT2D eigenvalue weighted by atomic mass is 16.4. The lowest BCUT2D eigenvalue weighted by molar-refractivity contribution is -0.132. The molecule has 3 aromatic carbocycles. The number of imidazole rings is 1. The van der Waals surface area contributed by atoms with Gasteiger partial charge in [-0.2, -0.15) is 0 Å². The van der Waals surface area contributed by atoms with E-state index < -0.39 is 11.9 Å². The van der Waals surface area contributed by atoms with Crippen molar-refractivity contribution in [1.82, 2.24) is 9.55 Å². The van der Waals surface area contributed by atoms with Crippen LogP contribution in [0.1, 0.15) is 11.1 Å². The number of para-hydroxylation sites is 1. The summed E-state index contributed by atoms with van der Waals surface area (Å²) in [6, 6.07) is 25.0. The predicted molar refractivity (Wildman–Crippen MR) is 128 cm³/mol. The Morgan fingerprint density at radius 3 is 1.73 bits per heavy atom. The molecule has 0 radical (unpaired) electrons. The van der Waals surface area contributed by atoms with E-state index in [1.165, 1.54) is 0 Å². The minimum Gasteiger partial charge on any atom is -0.478 e. The maximum Gasteiger partial charge on any atom is 0.328 e. The molecule has 1 heterocycles. The summed E-state index contributed by atoms with van der Waals surface area (Å²) < 4.78 is 2.01. The zero-order chi connectivity index (χ0) is 23.2. The van der Waals surface area contributed by atoms with Crippen LogP contribution in [0.5, 0.6) is 0 Å². The number of rotatable bonds is 7. The van der Waals surface area contributed by atoms with E-state index in [1.54, 1.807) is 18.5 Å². The van der Waals surface area contributed by atoms with E-state index in [0.29, 0.717) is 0 Å². The molecule has 4 rings (SSSR count). The first-order chi connectivity index (χ1) is 16.0. The molecule has 0 saturated heterocycles. The van der Waals surface area contributed by atoms with Crippen molar-refractivity contribution >= 4 is 24.1 Å². The van der Waals surface area contributed by atoms with Gasteiger partial charge in [-0.05, 0) is 35.4 Å². The van der Waals surface area contributed by atoms with E-state index in [1.807, 2.05) is 83.4 Å². The first-order valence-corrected chi connectivity index (χ1v) is 10.2. The third kappa shape index (κ3) is 5.14. The number of carboxylic acid groups (broad SMARTS) is 2. The van der Waals surface area contributed by atoms with E-state index in [2.05, 4.69) is 4.98 Å². The topological polar surface area (TPSA) is 92.4 Å². The number of benzene rings is 3. The SMILES string of the molecule is O=C(O)C=Cc1ccc(-c2ncn(-c3ccccc3)c2-c2ccc(C=CC(=O)O)cc2)cc1. The monoisotopic (exact) mass is 436 g/mol. The highest BCUT2D eigenvalue weighted by Gasteiger charge is 2.16. The number of hydrogen-bond acceptors (Lipinski definition) is 3. The second-order valence-electron chi connectivity index (χ2n) is 7.23. The van der Waals surface area contributed by atoms with Crippen LogP contribution in [0, 0.1) is 0 Å². The van der Waals surface area contributed by atoms with Crippen LogP contribution in [0.15, 0.2) is 97.3 Å². The minimum atomic E-state index is -0.996. The van der Waals surface area contributed by atoms with Gasteiger partial charge in [0.25, 0.3) is 0 Å². The molecule has 0 bridgehead atoms. The normalized spacial score (nSPS) is 11.3. The van der Waals surface area contributed by atoms with E-state index in [4.69, 9.17) is 10.2 Å².